The molecule has 94 valence electrons. The summed E-state index contributed by atoms with van der Waals surface area (Å²) in [7, 11) is 0. The Morgan fingerprint density at radius 3 is 3.00 bits per heavy atom. The van der Waals surface area contributed by atoms with E-state index in [9.17, 15) is 0 Å². The quantitative estimate of drug-likeness (QED) is 0.294. The average Bonchev–Trinajstić information content (AvgIpc) is 3.00. The van der Waals surface area contributed by atoms with Gasteiger partial charge in [-0.05, 0) is 12.8 Å². The van der Waals surface area contributed by atoms with E-state index in [4.69, 9.17) is 5.84 Å². The molecule has 0 radical (unpaired) electrons. The zero-order chi connectivity index (χ0) is 11.9. The van der Waals surface area contributed by atoms with Crippen LogP contribution in [0.15, 0.2) is 15.9 Å². The smallest absolute Gasteiger partial charge is 0.213 e. The molecule has 0 aliphatic heterocycles. The summed E-state index contributed by atoms with van der Waals surface area (Å²) >= 11 is 0. The molecule has 7 heteroatoms. The van der Waals surface area contributed by atoms with Crippen molar-refractivity contribution in [3.63, 3.8) is 0 Å². The molecule has 1 heterocycles. The number of hydrogen-bond donors (Lipinski definition) is 3. The number of nitrogens with zero attached hydrogens (tertiary/aromatic N) is 3. The van der Waals surface area contributed by atoms with Crippen LogP contribution in [0.5, 0.6) is 0 Å². The standard InChI is InChI=1S/C10H18N6O/c11-15-10(14-8-3-1-2-4-8)12-6-5-9-13-7-17-16-9/h7-8H,1-6,11H2,(H2,12,14,15). The molecule has 0 spiro atoms. The summed E-state index contributed by atoms with van der Waals surface area (Å²) in [6, 6.07) is 0.495. The molecule has 1 aromatic heterocycles. The van der Waals surface area contributed by atoms with Crippen molar-refractivity contribution in [1.82, 2.24) is 20.9 Å². The van der Waals surface area contributed by atoms with Gasteiger partial charge in [-0.25, -0.2) is 5.84 Å². The molecule has 0 unspecified atom stereocenters. The molecular formula is C10H18N6O. The van der Waals surface area contributed by atoms with Gasteiger partial charge in [0.2, 0.25) is 12.4 Å². The highest BCUT2D eigenvalue weighted by atomic mass is 16.5. The van der Waals surface area contributed by atoms with E-state index in [1.54, 1.807) is 0 Å². The zero-order valence-electron chi connectivity index (χ0n) is 9.72. The Bertz CT molecular complexity index is 344. The minimum absolute atomic E-state index is 0.495. The van der Waals surface area contributed by atoms with Crippen molar-refractivity contribution in [3.05, 3.63) is 12.2 Å². The Labute approximate surface area is 99.8 Å². The Morgan fingerprint density at radius 2 is 2.35 bits per heavy atom. The number of rotatable bonds is 4. The second-order valence-corrected chi connectivity index (χ2v) is 4.10. The molecule has 2 rings (SSSR count). The maximum absolute atomic E-state index is 5.42. The van der Waals surface area contributed by atoms with Crippen molar-refractivity contribution < 1.29 is 4.52 Å². The van der Waals surface area contributed by atoms with Gasteiger partial charge in [-0.15, -0.1) is 0 Å². The topological polar surface area (TPSA) is 101 Å². The van der Waals surface area contributed by atoms with Crippen molar-refractivity contribution in [2.75, 3.05) is 6.54 Å². The van der Waals surface area contributed by atoms with Crippen LogP contribution in [-0.2, 0) is 6.42 Å². The van der Waals surface area contributed by atoms with Gasteiger partial charge in [-0.3, -0.25) is 10.4 Å². The predicted molar refractivity (Wildman–Crippen MR) is 63.0 cm³/mol. The highest BCUT2D eigenvalue weighted by Gasteiger charge is 2.15. The van der Waals surface area contributed by atoms with E-state index in [1.165, 1.54) is 32.1 Å². The second kappa shape index (κ2) is 6.19. The third-order valence-electron chi connectivity index (χ3n) is 2.85. The summed E-state index contributed by atoms with van der Waals surface area (Å²) < 4.78 is 4.64. The Balaban J connectivity index is 1.76. The molecule has 0 bridgehead atoms. The molecule has 1 saturated carbocycles. The number of aromatic nitrogens is 2. The van der Waals surface area contributed by atoms with E-state index in [0.717, 1.165) is 0 Å². The Hall–Kier alpha value is -1.63. The van der Waals surface area contributed by atoms with Gasteiger partial charge in [0.15, 0.2) is 5.82 Å². The minimum Gasteiger partial charge on any atom is -0.353 e. The van der Waals surface area contributed by atoms with Crippen LogP contribution in [0.2, 0.25) is 0 Å². The van der Waals surface area contributed by atoms with Crippen LogP contribution in [0.25, 0.3) is 0 Å². The summed E-state index contributed by atoms with van der Waals surface area (Å²) in [5, 5.41) is 7.01. The summed E-state index contributed by atoms with van der Waals surface area (Å²) in [4.78, 5) is 8.25. The predicted octanol–water partition coefficient (Wildman–Crippen LogP) is -0.0364. The lowest BCUT2D eigenvalue weighted by Crippen LogP contribution is -2.45. The monoisotopic (exact) mass is 238 g/mol. The van der Waals surface area contributed by atoms with Crippen LogP contribution >= 0.6 is 0 Å². The molecule has 1 aliphatic rings. The van der Waals surface area contributed by atoms with E-state index in [-0.39, 0.29) is 0 Å². The summed E-state index contributed by atoms with van der Waals surface area (Å²) in [5.41, 5.74) is 2.58. The first-order chi connectivity index (χ1) is 8.38. The zero-order valence-corrected chi connectivity index (χ0v) is 9.72. The fraction of sp³-hybridized carbons (Fsp3) is 0.700. The molecule has 0 aromatic carbocycles. The van der Waals surface area contributed by atoms with Crippen molar-refractivity contribution in [2.24, 2.45) is 10.8 Å². The van der Waals surface area contributed by atoms with E-state index < -0.39 is 0 Å². The number of nitrogens with one attached hydrogen (secondary N) is 2. The second-order valence-electron chi connectivity index (χ2n) is 4.10. The van der Waals surface area contributed by atoms with Gasteiger partial charge in [0.05, 0.1) is 6.54 Å². The molecule has 0 atom stereocenters. The van der Waals surface area contributed by atoms with Crippen LogP contribution in [-0.4, -0.2) is 28.7 Å². The van der Waals surface area contributed by atoms with Crippen LogP contribution in [0, 0.1) is 0 Å². The van der Waals surface area contributed by atoms with E-state index in [2.05, 4.69) is 30.4 Å². The van der Waals surface area contributed by atoms with Crippen molar-refractivity contribution in [1.29, 1.82) is 0 Å². The van der Waals surface area contributed by atoms with Gasteiger partial charge in [0.25, 0.3) is 0 Å². The normalized spacial score (nSPS) is 17.4. The fourth-order valence-corrected chi connectivity index (χ4v) is 1.97. The van der Waals surface area contributed by atoms with Gasteiger partial charge < -0.3 is 9.84 Å². The third kappa shape index (κ3) is 3.70. The molecule has 0 saturated heterocycles. The number of aliphatic imine (C=N–C) groups is 1. The molecule has 17 heavy (non-hydrogen) atoms. The highest BCUT2D eigenvalue weighted by Crippen LogP contribution is 2.17. The van der Waals surface area contributed by atoms with Gasteiger partial charge in [-0.1, -0.05) is 18.0 Å². The van der Waals surface area contributed by atoms with Gasteiger partial charge in [0, 0.05) is 12.5 Å². The number of nitrogens with two attached hydrogens (primary N) is 1. The van der Waals surface area contributed by atoms with E-state index in [0.29, 0.717) is 30.8 Å². The maximum Gasteiger partial charge on any atom is 0.213 e. The lowest BCUT2D eigenvalue weighted by molar-refractivity contribution is 0.410. The minimum atomic E-state index is 0.495. The number of guanidine groups is 1. The van der Waals surface area contributed by atoms with Crippen LogP contribution < -0.4 is 16.6 Å². The Morgan fingerprint density at radius 1 is 1.53 bits per heavy atom. The molecule has 1 fully saturated rings. The third-order valence-corrected chi connectivity index (χ3v) is 2.85. The lowest BCUT2D eigenvalue weighted by Gasteiger charge is -2.14. The molecule has 7 nitrogen and oxygen atoms in total. The fourth-order valence-electron chi connectivity index (χ4n) is 1.97. The van der Waals surface area contributed by atoms with E-state index >= 15 is 0 Å². The van der Waals surface area contributed by atoms with Crippen LogP contribution in [0.1, 0.15) is 31.5 Å². The summed E-state index contributed by atoms with van der Waals surface area (Å²) in [6.45, 7) is 0.582. The summed E-state index contributed by atoms with van der Waals surface area (Å²) in [5.74, 6) is 6.71. The molecule has 1 aromatic rings. The first-order valence-corrected chi connectivity index (χ1v) is 5.91. The van der Waals surface area contributed by atoms with Crippen molar-refractivity contribution in [2.45, 2.75) is 38.1 Å². The molecule has 4 N–H and O–H groups in total. The van der Waals surface area contributed by atoms with Gasteiger partial charge in [-0.2, -0.15) is 4.98 Å². The average molecular weight is 238 g/mol. The first kappa shape index (κ1) is 11.8. The highest BCUT2D eigenvalue weighted by molar-refractivity contribution is 5.79. The summed E-state index contributed by atoms with van der Waals surface area (Å²) in [6.07, 6.45) is 6.89. The lowest BCUT2D eigenvalue weighted by atomic mass is 10.2. The molecule has 0 amide bonds. The Kier molecular flexibility index (Phi) is 4.31. The first-order valence-electron chi connectivity index (χ1n) is 5.91. The van der Waals surface area contributed by atoms with Crippen molar-refractivity contribution in [3.8, 4) is 0 Å². The molecule has 1 aliphatic carbocycles. The largest absolute Gasteiger partial charge is 0.353 e. The van der Waals surface area contributed by atoms with Crippen LogP contribution in [0.3, 0.4) is 0 Å². The van der Waals surface area contributed by atoms with E-state index in [1.807, 2.05) is 0 Å². The maximum atomic E-state index is 5.42. The van der Waals surface area contributed by atoms with Crippen molar-refractivity contribution >= 4 is 5.96 Å². The molecular weight excluding hydrogens is 220 g/mol. The van der Waals surface area contributed by atoms with Crippen LogP contribution in [0.4, 0.5) is 0 Å². The SMILES string of the molecule is NNC(=NCCc1ncon1)NC1CCCC1. The van der Waals surface area contributed by atoms with Gasteiger partial charge >= 0.3 is 0 Å². The number of hydrazine groups is 1. The number of hydrogen-bond acceptors (Lipinski definition) is 5. The van der Waals surface area contributed by atoms with Gasteiger partial charge in [0.1, 0.15) is 0 Å².